The van der Waals surface area contributed by atoms with Crippen LogP contribution in [0.1, 0.15) is 16.3 Å². The van der Waals surface area contributed by atoms with Gasteiger partial charge in [-0.25, -0.2) is 9.18 Å². The molecule has 2 aromatic heterocycles. The fourth-order valence-corrected chi connectivity index (χ4v) is 2.07. The van der Waals surface area contributed by atoms with Gasteiger partial charge in [0.05, 0.1) is 12.1 Å². The van der Waals surface area contributed by atoms with Crippen LogP contribution in [0.3, 0.4) is 0 Å². The number of fused-ring (bicyclic) bond motifs is 1. The smallest absolute Gasteiger partial charge is 0.371 e. The van der Waals surface area contributed by atoms with Crippen LogP contribution in [0, 0.1) is 5.82 Å². The van der Waals surface area contributed by atoms with Gasteiger partial charge in [-0.1, -0.05) is 6.07 Å². The van der Waals surface area contributed by atoms with Gasteiger partial charge in [-0.05, 0) is 30.3 Å². The van der Waals surface area contributed by atoms with Crippen LogP contribution in [-0.4, -0.2) is 15.6 Å². The lowest BCUT2D eigenvalue weighted by Gasteiger charge is -2.02. The molecule has 1 aromatic carbocycles. The molecule has 0 saturated heterocycles. The van der Waals surface area contributed by atoms with Crippen molar-refractivity contribution in [1.82, 2.24) is 4.57 Å². The van der Waals surface area contributed by atoms with Crippen molar-refractivity contribution in [1.29, 1.82) is 0 Å². The predicted octanol–water partition coefficient (Wildman–Crippen LogP) is 3.12. The molecule has 5 heteroatoms. The normalized spacial score (nSPS) is 11.0. The van der Waals surface area contributed by atoms with Gasteiger partial charge in [-0.2, -0.15) is 0 Å². The lowest BCUT2D eigenvalue weighted by atomic mass is 10.2. The van der Waals surface area contributed by atoms with Crippen LogP contribution >= 0.6 is 0 Å². The van der Waals surface area contributed by atoms with Gasteiger partial charge in [-0.3, -0.25) is 0 Å². The van der Waals surface area contributed by atoms with Crippen molar-refractivity contribution in [3.8, 4) is 0 Å². The summed E-state index contributed by atoms with van der Waals surface area (Å²) in [7, 11) is 0. The zero-order valence-electron chi connectivity index (χ0n) is 9.84. The third-order valence-electron chi connectivity index (χ3n) is 2.96. The van der Waals surface area contributed by atoms with Crippen molar-refractivity contribution < 1.29 is 18.7 Å². The average Bonchev–Trinajstić information content (AvgIpc) is 2.98. The van der Waals surface area contributed by atoms with E-state index in [1.807, 2.05) is 4.57 Å². The molecule has 0 aliphatic rings. The summed E-state index contributed by atoms with van der Waals surface area (Å²) in [6.45, 7) is 0.361. The fraction of sp³-hybridized carbons (Fsp3) is 0.0714. The molecular weight excluding hydrogens is 249 g/mol. The molecule has 0 atom stereocenters. The third kappa shape index (κ3) is 1.99. The van der Waals surface area contributed by atoms with Gasteiger partial charge in [-0.15, -0.1) is 0 Å². The van der Waals surface area contributed by atoms with Gasteiger partial charge in [0.2, 0.25) is 5.76 Å². The molecule has 0 aliphatic heterocycles. The monoisotopic (exact) mass is 259 g/mol. The van der Waals surface area contributed by atoms with Crippen LogP contribution in [0.15, 0.2) is 47.0 Å². The van der Waals surface area contributed by atoms with Gasteiger partial charge in [0.25, 0.3) is 0 Å². The molecule has 3 aromatic rings. The molecule has 0 fully saturated rings. The molecular formula is C14H10FNO3. The average molecular weight is 259 g/mol. The van der Waals surface area contributed by atoms with Crippen molar-refractivity contribution in [2.24, 2.45) is 0 Å². The van der Waals surface area contributed by atoms with Crippen molar-refractivity contribution in [3.05, 3.63) is 59.9 Å². The van der Waals surface area contributed by atoms with E-state index in [9.17, 15) is 9.18 Å². The van der Waals surface area contributed by atoms with E-state index in [1.54, 1.807) is 30.5 Å². The van der Waals surface area contributed by atoms with Crippen LogP contribution in [0.2, 0.25) is 0 Å². The topological polar surface area (TPSA) is 55.4 Å². The number of carbonyl (C=O) groups is 1. The maximum absolute atomic E-state index is 13.5. The second-order valence-electron chi connectivity index (χ2n) is 4.19. The Morgan fingerprint density at radius 3 is 2.84 bits per heavy atom. The molecule has 0 spiro atoms. The van der Waals surface area contributed by atoms with Gasteiger partial charge in [0, 0.05) is 11.6 Å². The Balaban J connectivity index is 1.96. The van der Waals surface area contributed by atoms with Crippen LogP contribution in [0.25, 0.3) is 10.9 Å². The molecule has 0 saturated carbocycles. The number of hydrogen-bond acceptors (Lipinski definition) is 2. The molecule has 3 rings (SSSR count). The van der Waals surface area contributed by atoms with Gasteiger partial charge >= 0.3 is 5.97 Å². The van der Waals surface area contributed by atoms with Crippen LogP contribution in [-0.2, 0) is 6.54 Å². The van der Waals surface area contributed by atoms with E-state index in [0.29, 0.717) is 17.7 Å². The quantitative estimate of drug-likeness (QED) is 0.786. The van der Waals surface area contributed by atoms with Crippen molar-refractivity contribution >= 4 is 16.9 Å². The van der Waals surface area contributed by atoms with Gasteiger partial charge in [0.1, 0.15) is 11.6 Å². The summed E-state index contributed by atoms with van der Waals surface area (Å²) in [5, 5.41) is 9.32. The first-order chi connectivity index (χ1) is 9.15. The summed E-state index contributed by atoms with van der Waals surface area (Å²) >= 11 is 0. The van der Waals surface area contributed by atoms with Crippen molar-refractivity contribution in [2.45, 2.75) is 6.54 Å². The number of carboxylic acids is 1. The molecule has 19 heavy (non-hydrogen) atoms. The van der Waals surface area contributed by atoms with Crippen molar-refractivity contribution in [3.63, 3.8) is 0 Å². The number of hydrogen-bond donors (Lipinski definition) is 1. The minimum Gasteiger partial charge on any atom is -0.475 e. The summed E-state index contributed by atoms with van der Waals surface area (Å²) in [5.74, 6) is -0.964. The fourth-order valence-electron chi connectivity index (χ4n) is 2.07. The number of benzene rings is 1. The number of aromatic nitrogens is 1. The zero-order valence-corrected chi connectivity index (χ0v) is 9.84. The first kappa shape index (κ1) is 11.5. The number of nitrogens with zero attached hydrogens (tertiary/aromatic N) is 1. The van der Waals surface area contributed by atoms with E-state index in [2.05, 4.69) is 0 Å². The summed E-state index contributed by atoms with van der Waals surface area (Å²) < 4.78 is 20.5. The minimum absolute atomic E-state index is 0.0994. The Morgan fingerprint density at radius 1 is 1.26 bits per heavy atom. The number of halogens is 1. The van der Waals surface area contributed by atoms with E-state index in [0.717, 1.165) is 5.52 Å². The van der Waals surface area contributed by atoms with E-state index in [1.165, 1.54) is 12.1 Å². The number of rotatable bonds is 3. The highest BCUT2D eigenvalue weighted by atomic mass is 19.1. The molecule has 0 unspecified atom stereocenters. The van der Waals surface area contributed by atoms with Gasteiger partial charge in [0.15, 0.2) is 0 Å². The minimum atomic E-state index is -1.10. The number of carboxylic acid groups (broad SMARTS) is 1. The maximum Gasteiger partial charge on any atom is 0.371 e. The Labute approximate surface area is 107 Å². The zero-order chi connectivity index (χ0) is 13.4. The first-order valence-electron chi connectivity index (χ1n) is 5.70. The van der Waals surface area contributed by atoms with E-state index in [-0.39, 0.29) is 11.6 Å². The molecule has 96 valence electrons. The van der Waals surface area contributed by atoms with E-state index >= 15 is 0 Å². The standard InChI is InChI=1S/C14H10FNO3/c15-11-2-1-3-12-10(11)6-7-16(12)8-9-4-5-13(19-9)14(17)18/h1-7H,8H2,(H,17,18). The highest BCUT2D eigenvalue weighted by molar-refractivity contribution is 5.84. The second-order valence-corrected chi connectivity index (χ2v) is 4.19. The second kappa shape index (κ2) is 4.28. The molecule has 0 aliphatic carbocycles. The Kier molecular flexibility index (Phi) is 2.59. The summed E-state index contributed by atoms with van der Waals surface area (Å²) in [4.78, 5) is 10.7. The van der Waals surface area contributed by atoms with Crippen LogP contribution in [0.4, 0.5) is 4.39 Å². The summed E-state index contributed by atoms with van der Waals surface area (Å²) in [5.41, 5.74) is 0.744. The lowest BCUT2D eigenvalue weighted by molar-refractivity contribution is 0.0660. The molecule has 0 radical (unpaired) electrons. The molecule has 1 N–H and O–H groups in total. The SMILES string of the molecule is O=C(O)c1ccc(Cn2ccc3c(F)cccc32)o1. The maximum atomic E-state index is 13.5. The summed E-state index contributed by atoms with van der Waals surface area (Å²) in [6.07, 6.45) is 1.75. The van der Waals surface area contributed by atoms with Crippen LogP contribution in [0.5, 0.6) is 0 Å². The Hall–Kier alpha value is -2.56. The van der Waals surface area contributed by atoms with Gasteiger partial charge < -0.3 is 14.1 Å². The van der Waals surface area contributed by atoms with Crippen molar-refractivity contribution in [2.75, 3.05) is 0 Å². The molecule has 0 amide bonds. The number of aromatic carboxylic acids is 1. The van der Waals surface area contributed by atoms with E-state index < -0.39 is 5.97 Å². The van der Waals surface area contributed by atoms with E-state index in [4.69, 9.17) is 9.52 Å². The first-order valence-corrected chi connectivity index (χ1v) is 5.70. The summed E-state index contributed by atoms with van der Waals surface area (Å²) in [6, 6.07) is 9.55. The highest BCUT2D eigenvalue weighted by Gasteiger charge is 2.11. The third-order valence-corrected chi connectivity index (χ3v) is 2.96. The predicted molar refractivity (Wildman–Crippen MR) is 66.7 cm³/mol. The Bertz CT molecular complexity index is 757. The lowest BCUT2D eigenvalue weighted by Crippen LogP contribution is -1.97. The molecule has 4 nitrogen and oxygen atoms in total. The molecule has 0 bridgehead atoms. The number of furan rings is 1. The van der Waals surface area contributed by atoms with Crippen LogP contribution < -0.4 is 0 Å². The highest BCUT2D eigenvalue weighted by Crippen LogP contribution is 2.20. The largest absolute Gasteiger partial charge is 0.475 e. The Morgan fingerprint density at radius 2 is 2.11 bits per heavy atom. The molecule has 2 heterocycles.